The first kappa shape index (κ1) is 14.4. The van der Waals surface area contributed by atoms with Gasteiger partial charge in [-0.3, -0.25) is 9.78 Å². The molecule has 0 saturated carbocycles. The van der Waals surface area contributed by atoms with E-state index in [4.69, 9.17) is 0 Å². The lowest BCUT2D eigenvalue weighted by atomic mass is 9.93. The number of likely N-dealkylation sites (tertiary alicyclic amines) is 1. The number of aromatic nitrogens is 1. The molecule has 2 aromatic rings. The summed E-state index contributed by atoms with van der Waals surface area (Å²) in [6, 6.07) is 6.83. The highest BCUT2D eigenvalue weighted by atomic mass is 79.9. The summed E-state index contributed by atoms with van der Waals surface area (Å²) in [7, 11) is 0. The van der Waals surface area contributed by atoms with Crippen molar-refractivity contribution < 1.29 is 13.6 Å². The highest BCUT2D eigenvalue weighted by molar-refractivity contribution is 9.10. The molecule has 1 aliphatic heterocycles. The smallest absolute Gasteiger partial charge is 0.252 e. The van der Waals surface area contributed by atoms with Crippen LogP contribution in [-0.4, -0.2) is 28.8 Å². The van der Waals surface area contributed by atoms with Crippen molar-refractivity contribution in [2.45, 2.75) is 24.8 Å². The van der Waals surface area contributed by atoms with Gasteiger partial charge in [0.25, 0.3) is 5.92 Å². The van der Waals surface area contributed by atoms with E-state index < -0.39 is 12.0 Å². The molecule has 3 nitrogen and oxygen atoms in total. The third kappa shape index (κ3) is 2.77. The van der Waals surface area contributed by atoms with Gasteiger partial charge in [0.2, 0.25) is 6.41 Å². The third-order valence-electron chi connectivity index (χ3n) is 3.83. The van der Waals surface area contributed by atoms with Gasteiger partial charge in [0.05, 0.1) is 11.6 Å². The van der Waals surface area contributed by atoms with Crippen LogP contribution in [0, 0.1) is 0 Å². The van der Waals surface area contributed by atoms with Crippen LogP contribution in [-0.2, 0) is 4.79 Å². The number of fused-ring (bicyclic) bond motifs is 1. The van der Waals surface area contributed by atoms with Crippen LogP contribution in [0.4, 0.5) is 8.78 Å². The Morgan fingerprint density at radius 3 is 3.00 bits per heavy atom. The van der Waals surface area contributed by atoms with Gasteiger partial charge in [-0.05, 0) is 33.6 Å². The number of rotatable bonds is 2. The Morgan fingerprint density at radius 2 is 2.24 bits per heavy atom. The molecule has 1 atom stereocenters. The molecule has 1 amide bonds. The normalized spacial score (nSPS) is 21.5. The van der Waals surface area contributed by atoms with Crippen molar-refractivity contribution >= 4 is 33.2 Å². The average Bonchev–Trinajstić information content (AvgIpc) is 2.46. The minimum atomic E-state index is -2.74. The van der Waals surface area contributed by atoms with Crippen LogP contribution < -0.4 is 0 Å². The van der Waals surface area contributed by atoms with E-state index in [2.05, 4.69) is 20.9 Å². The quantitative estimate of drug-likeness (QED) is 0.765. The first-order valence-electron chi connectivity index (χ1n) is 6.63. The molecule has 1 aromatic heterocycles. The number of para-hydroxylation sites is 1. The number of alkyl halides is 2. The second-order valence-electron chi connectivity index (χ2n) is 5.25. The van der Waals surface area contributed by atoms with E-state index >= 15 is 0 Å². The van der Waals surface area contributed by atoms with Crippen LogP contribution >= 0.6 is 15.9 Å². The molecular formula is C15H13BrF2N2O. The standard InChI is InChI=1S/C15H13BrF2N2O/c16-12-3-1-2-10-6-11(8-19-14(10)12)13-7-15(17,18)4-5-20(13)9-21/h1-3,6,8-9,13H,4-5,7H2. The highest BCUT2D eigenvalue weighted by Crippen LogP contribution is 2.39. The van der Waals surface area contributed by atoms with E-state index in [0.29, 0.717) is 12.0 Å². The zero-order valence-electron chi connectivity index (χ0n) is 11.1. The lowest BCUT2D eigenvalue weighted by Crippen LogP contribution is -2.41. The Balaban J connectivity index is 2.03. The second-order valence-corrected chi connectivity index (χ2v) is 6.10. The summed E-state index contributed by atoms with van der Waals surface area (Å²) in [6.07, 6.45) is 1.59. The van der Waals surface area contributed by atoms with Crippen LogP contribution in [0.2, 0.25) is 0 Å². The third-order valence-corrected chi connectivity index (χ3v) is 4.47. The molecule has 1 aromatic carbocycles. The van der Waals surface area contributed by atoms with Crippen molar-refractivity contribution in [2.75, 3.05) is 6.54 Å². The molecule has 0 bridgehead atoms. The lowest BCUT2D eigenvalue weighted by Gasteiger charge is -2.37. The van der Waals surface area contributed by atoms with E-state index in [1.54, 1.807) is 6.20 Å². The predicted molar refractivity (Wildman–Crippen MR) is 79.1 cm³/mol. The highest BCUT2D eigenvalue weighted by Gasteiger charge is 2.40. The van der Waals surface area contributed by atoms with Crippen molar-refractivity contribution in [3.63, 3.8) is 0 Å². The number of hydrogen-bond acceptors (Lipinski definition) is 2. The molecule has 1 saturated heterocycles. The van der Waals surface area contributed by atoms with Crippen LogP contribution in [0.15, 0.2) is 34.9 Å². The number of benzene rings is 1. The van der Waals surface area contributed by atoms with Crippen LogP contribution in [0.25, 0.3) is 10.9 Å². The summed E-state index contributed by atoms with van der Waals surface area (Å²) in [4.78, 5) is 16.9. The molecule has 1 fully saturated rings. The molecule has 2 heterocycles. The number of carbonyl (C=O) groups is 1. The number of hydrogen-bond donors (Lipinski definition) is 0. The van der Waals surface area contributed by atoms with E-state index in [9.17, 15) is 13.6 Å². The van der Waals surface area contributed by atoms with Crippen molar-refractivity contribution in [3.05, 3.63) is 40.5 Å². The van der Waals surface area contributed by atoms with Crippen molar-refractivity contribution in [1.29, 1.82) is 0 Å². The van der Waals surface area contributed by atoms with Gasteiger partial charge >= 0.3 is 0 Å². The van der Waals surface area contributed by atoms with Gasteiger partial charge in [0.15, 0.2) is 0 Å². The fraction of sp³-hybridized carbons (Fsp3) is 0.333. The van der Waals surface area contributed by atoms with Crippen molar-refractivity contribution in [2.24, 2.45) is 0 Å². The monoisotopic (exact) mass is 354 g/mol. The predicted octanol–water partition coefficient (Wildman–Crippen LogP) is 3.93. The largest absolute Gasteiger partial charge is 0.338 e. The zero-order valence-corrected chi connectivity index (χ0v) is 12.7. The van der Waals surface area contributed by atoms with Gasteiger partial charge in [0, 0.05) is 35.4 Å². The Labute approximate surface area is 129 Å². The van der Waals surface area contributed by atoms with E-state index in [-0.39, 0.29) is 19.4 Å². The van der Waals surface area contributed by atoms with Gasteiger partial charge in [0.1, 0.15) is 0 Å². The fourth-order valence-electron chi connectivity index (χ4n) is 2.71. The van der Waals surface area contributed by atoms with E-state index in [1.807, 2.05) is 24.3 Å². The van der Waals surface area contributed by atoms with Crippen LogP contribution in [0.1, 0.15) is 24.4 Å². The van der Waals surface area contributed by atoms with Gasteiger partial charge in [-0.25, -0.2) is 8.78 Å². The van der Waals surface area contributed by atoms with Gasteiger partial charge in [-0.2, -0.15) is 0 Å². The summed E-state index contributed by atoms with van der Waals surface area (Å²) < 4.78 is 28.2. The molecule has 21 heavy (non-hydrogen) atoms. The summed E-state index contributed by atoms with van der Waals surface area (Å²) in [6.45, 7) is 0.0672. The molecule has 3 rings (SSSR count). The average molecular weight is 355 g/mol. The van der Waals surface area contributed by atoms with Gasteiger partial charge in [-0.1, -0.05) is 12.1 Å². The SMILES string of the molecule is O=CN1CCC(F)(F)CC1c1cnc2c(Br)cccc2c1. The number of amides is 1. The van der Waals surface area contributed by atoms with E-state index in [1.165, 1.54) is 4.90 Å². The van der Waals surface area contributed by atoms with Gasteiger partial charge < -0.3 is 4.90 Å². The van der Waals surface area contributed by atoms with Crippen LogP contribution in [0.3, 0.4) is 0 Å². The molecule has 1 unspecified atom stereocenters. The van der Waals surface area contributed by atoms with Gasteiger partial charge in [-0.15, -0.1) is 0 Å². The lowest BCUT2D eigenvalue weighted by molar-refractivity contribution is -0.130. The maximum absolute atomic E-state index is 13.7. The molecule has 0 N–H and O–H groups in total. The number of nitrogens with zero attached hydrogens (tertiary/aromatic N) is 2. The molecule has 1 aliphatic rings. The van der Waals surface area contributed by atoms with Crippen LogP contribution in [0.5, 0.6) is 0 Å². The van der Waals surface area contributed by atoms with E-state index in [0.717, 1.165) is 15.4 Å². The number of carbonyl (C=O) groups excluding carboxylic acids is 1. The van der Waals surface area contributed by atoms with Crippen molar-refractivity contribution in [1.82, 2.24) is 9.88 Å². The molecule has 0 aliphatic carbocycles. The minimum absolute atomic E-state index is 0.0672. The molecule has 110 valence electrons. The number of halogens is 3. The Kier molecular flexibility index (Phi) is 3.65. The first-order chi connectivity index (χ1) is 10.00. The summed E-state index contributed by atoms with van der Waals surface area (Å²) >= 11 is 3.41. The maximum atomic E-state index is 13.7. The molecule has 6 heteroatoms. The maximum Gasteiger partial charge on any atom is 0.252 e. The zero-order chi connectivity index (χ0) is 15.0. The summed E-state index contributed by atoms with van der Waals surface area (Å²) in [5, 5.41) is 0.863. The summed E-state index contributed by atoms with van der Waals surface area (Å²) in [5.74, 6) is -2.74. The number of pyridine rings is 1. The Morgan fingerprint density at radius 1 is 1.43 bits per heavy atom. The fourth-order valence-corrected chi connectivity index (χ4v) is 3.19. The first-order valence-corrected chi connectivity index (χ1v) is 7.42. The number of piperidine rings is 1. The Hall–Kier alpha value is -1.56. The van der Waals surface area contributed by atoms with Crippen molar-refractivity contribution in [3.8, 4) is 0 Å². The topological polar surface area (TPSA) is 33.2 Å². The summed E-state index contributed by atoms with van der Waals surface area (Å²) in [5.41, 5.74) is 1.42. The molecule has 0 radical (unpaired) electrons. The second kappa shape index (κ2) is 5.33. The molecular weight excluding hydrogens is 342 g/mol. The minimum Gasteiger partial charge on any atom is -0.338 e. The Bertz CT molecular complexity index is 692. The molecule has 0 spiro atoms.